The molecule has 0 amide bonds. The molecule has 0 fully saturated rings. The maximum Gasteiger partial charge on any atom is 0.188 e. The van der Waals surface area contributed by atoms with E-state index >= 15 is 0 Å². The maximum atomic E-state index is 8.27. The highest BCUT2D eigenvalue weighted by molar-refractivity contribution is 5.26. The minimum Gasteiger partial charge on any atom is -0.261 e. The van der Waals surface area contributed by atoms with Crippen LogP contribution in [0.3, 0.4) is 0 Å². The van der Waals surface area contributed by atoms with Crippen LogP contribution in [-0.4, -0.2) is 4.57 Å². The molecule has 0 aliphatic carbocycles. The highest BCUT2D eigenvalue weighted by Crippen LogP contribution is 1.95. The molecule has 1 aromatic rings. The molecule has 9 heavy (non-hydrogen) atoms. The van der Waals surface area contributed by atoms with Crippen molar-refractivity contribution in [2.75, 3.05) is 0 Å². The normalized spacial score (nSPS) is 7.78. The first kappa shape index (κ1) is 5.40. The highest BCUT2D eigenvalue weighted by Gasteiger charge is 1.90. The summed E-state index contributed by atoms with van der Waals surface area (Å²) < 4.78 is 1.28. The van der Waals surface area contributed by atoms with Crippen LogP contribution in [0.1, 0.15) is 5.56 Å². The van der Waals surface area contributed by atoms with E-state index in [1.54, 1.807) is 12.3 Å². The largest absolute Gasteiger partial charge is 0.261 e. The van der Waals surface area contributed by atoms with Gasteiger partial charge in [0.1, 0.15) is 6.07 Å². The lowest BCUT2D eigenvalue weighted by molar-refractivity contribution is 1.10. The van der Waals surface area contributed by atoms with Crippen molar-refractivity contribution in [2.45, 2.75) is 0 Å². The van der Waals surface area contributed by atoms with Crippen LogP contribution in [0.15, 0.2) is 18.5 Å². The topological polar surface area (TPSA) is 52.5 Å². The molecule has 3 nitrogen and oxygen atoms in total. The van der Waals surface area contributed by atoms with Crippen LogP contribution in [0.4, 0.5) is 0 Å². The molecule has 0 spiro atoms. The Bertz CT molecular complexity index is 255. The predicted octanol–water partition coefficient (Wildman–Crippen LogP) is 0.689. The molecule has 1 rings (SSSR count). The first-order chi connectivity index (χ1) is 4.36. The number of nitrogens with zero attached hydrogens (tertiary/aromatic N) is 3. The van der Waals surface area contributed by atoms with Crippen molar-refractivity contribution in [1.29, 1.82) is 10.5 Å². The third kappa shape index (κ3) is 0.896. The summed E-state index contributed by atoms with van der Waals surface area (Å²) in [6.45, 7) is 0. The Labute approximate surface area is 52.4 Å². The molecule has 1 aromatic heterocycles. The zero-order valence-electron chi connectivity index (χ0n) is 4.57. The van der Waals surface area contributed by atoms with Gasteiger partial charge in [0.15, 0.2) is 6.19 Å². The summed E-state index contributed by atoms with van der Waals surface area (Å²) in [6.07, 6.45) is 4.86. The highest BCUT2D eigenvalue weighted by atomic mass is 14.9. The molecule has 0 saturated heterocycles. The van der Waals surface area contributed by atoms with E-state index in [0.29, 0.717) is 5.56 Å². The molecule has 0 aliphatic rings. The zero-order chi connectivity index (χ0) is 6.69. The van der Waals surface area contributed by atoms with Crippen molar-refractivity contribution < 1.29 is 0 Å². The van der Waals surface area contributed by atoms with E-state index in [1.807, 2.05) is 12.3 Å². The standard InChI is InChI=1S/C6H3N3/c7-3-6-1-2-9(4-6)5-8/h1-2,4H. The number of aromatic nitrogens is 1. The molecule has 42 valence electrons. The molecule has 0 saturated carbocycles. The fourth-order valence-electron chi connectivity index (χ4n) is 0.525. The Hall–Kier alpha value is -1.74. The molecule has 0 atom stereocenters. The summed E-state index contributed by atoms with van der Waals surface area (Å²) in [5.74, 6) is 0. The van der Waals surface area contributed by atoms with E-state index in [4.69, 9.17) is 10.5 Å². The van der Waals surface area contributed by atoms with Gasteiger partial charge in [0.25, 0.3) is 0 Å². The molecule has 0 bridgehead atoms. The van der Waals surface area contributed by atoms with Gasteiger partial charge in [-0.1, -0.05) is 0 Å². The van der Waals surface area contributed by atoms with Gasteiger partial charge in [-0.15, -0.1) is 0 Å². The van der Waals surface area contributed by atoms with Crippen molar-refractivity contribution in [2.24, 2.45) is 0 Å². The summed E-state index contributed by atoms with van der Waals surface area (Å²) >= 11 is 0. The smallest absolute Gasteiger partial charge is 0.188 e. The number of hydrogen-bond acceptors (Lipinski definition) is 2. The average molecular weight is 117 g/mol. The Balaban J connectivity index is 3.08. The van der Waals surface area contributed by atoms with Gasteiger partial charge < -0.3 is 0 Å². The molecule has 0 N–H and O–H groups in total. The van der Waals surface area contributed by atoms with Crippen LogP contribution in [0.2, 0.25) is 0 Å². The fraction of sp³-hybridized carbons (Fsp3) is 0. The first-order valence-electron chi connectivity index (χ1n) is 2.35. The third-order valence-corrected chi connectivity index (χ3v) is 0.937. The van der Waals surface area contributed by atoms with Crippen LogP contribution < -0.4 is 0 Å². The second-order valence-electron chi connectivity index (χ2n) is 1.52. The molecule has 1 heterocycles. The molecular formula is C6H3N3. The lowest BCUT2D eigenvalue weighted by Gasteiger charge is -1.75. The van der Waals surface area contributed by atoms with E-state index < -0.39 is 0 Å². The molecule has 0 unspecified atom stereocenters. The second kappa shape index (κ2) is 2.02. The number of rotatable bonds is 0. The number of hydrogen-bond donors (Lipinski definition) is 0. The van der Waals surface area contributed by atoms with Crippen molar-refractivity contribution >= 4 is 0 Å². The van der Waals surface area contributed by atoms with Gasteiger partial charge in [-0.25, -0.2) is 0 Å². The lowest BCUT2D eigenvalue weighted by atomic mass is 10.4. The molecule has 0 radical (unpaired) electrons. The van der Waals surface area contributed by atoms with Gasteiger partial charge in [0, 0.05) is 12.4 Å². The predicted molar refractivity (Wildman–Crippen MR) is 30.2 cm³/mol. The summed E-state index contributed by atoms with van der Waals surface area (Å²) in [4.78, 5) is 0. The first-order valence-corrected chi connectivity index (χ1v) is 2.35. The van der Waals surface area contributed by atoms with E-state index in [2.05, 4.69) is 0 Å². The minimum absolute atomic E-state index is 0.511. The Morgan fingerprint density at radius 3 is 2.56 bits per heavy atom. The molecule has 3 heteroatoms. The van der Waals surface area contributed by atoms with E-state index in [9.17, 15) is 0 Å². The fourth-order valence-corrected chi connectivity index (χ4v) is 0.525. The maximum absolute atomic E-state index is 8.27. The van der Waals surface area contributed by atoms with Crippen molar-refractivity contribution in [3.63, 3.8) is 0 Å². The summed E-state index contributed by atoms with van der Waals surface area (Å²) in [5, 5.41) is 16.5. The lowest BCUT2D eigenvalue weighted by Crippen LogP contribution is -1.77. The summed E-state index contributed by atoms with van der Waals surface area (Å²) in [7, 11) is 0. The van der Waals surface area contributed by atoms with Crippen LogP contribution in [0.5, 0.6) is 0 Å². The Kier molecular flexibility index (Phi) is 1.21. The zero-order valence-corrected chi connectivity index (χ0v) is 4.57. The third-order valence-electron chi connectivity index (χ3n) is 0.937. The van der Waals surface area contributed by atoms with Gasteiger partial charge in [-0.05, 0) is 6.07 Å². The molecule has 0 aromatic carbocycles. The summed E-state index contributed by atoms with van der Waals surface area (Å²) in [6, 6.07) is 3.50. The SMILES string of the molecule is N#Cc1ccn(C#N)c1. The number of nitriles is 2. The van der Waals surface area contributed by atoms with Crippen LogP contribution >= 0.6 is 0 Å². The minimum atomic E-state index is 0.511. The van der Waals surface area contributed by atoms with E-state index in [0.717, 1.165) is 0 Å². The monoisotopic (exact) mass is 117 g/mol. The van der Waals surface area contributed by atoms with Gasteiger partial charge >= 0.3 is 0 Å². The van der Waals surface area contributed by atoms with Crippen LogP contribution in [0.25, 0.3) is 0 Å². The van der Waals surface area contributed by atoms with Crippen LogP contribution in [0, 0.1) is 22.8 Å². The quantitative estimate of drug-likeness (QED) is 0.502. The second-order valence-corrected chi connectivity index (χ2v) is 1.52. The van der Waals surface area contributed by atoms with Crippen molar-refractivity contribution in [3.8, 4) is 12.3 Å². The van der Waals surface area contributed by atoms with Gasteiger partial charge in [0.2, 0.25) is 0 Å². The van der Waals surface area contributed by atoms with Crippen LogP contribution in [-0.2, 0) is 0 Å². The summed E-state index contributed by atoms with van der Waals surface area (Å²) in [5.41, 5.74) is 0.511. The molecule has 0 aliphatic heterocycles. The van der Waals surface area contributed by atoms with Gasteiger partial charge in [-0.2, -0.15) is 10.5 Å². The van der Waals surface area contributed by atoms with Gasteiger partial charge in [-0.3, -0.25) is 4.57 Å². The van der Waals surface area contributed by atoms with E-state index in [1.165, 1.54) is 10.8 Å². The average Bonchev–Trinajstić information content (AvgIpc) is 2.34. The van der Waals surface area contributed by atoms with Crippen molar-refractivity contribution in [1.82, 2.24) is 4.57 Å². The molecular weight excluding hydrogens is 114 g/mol. The Morgan fingerprint density at radius 2 is 2.22 bits per heavy atom. The van der Waals surface area contributed by atoms with Crippen molar-refractivity contribution in [3.05, 3.63) is 24.0 Å². The van der Waals surface area contributed by atoms with Gasteiger partial charge in [0.05, 0.1) is 5.56 Å². The van der Waals surface area contributed by atoms with E-state index in [-0.39, 0.29) is 0 Å². The Morgan fingerprint density at radius 1 is 1.44 bits per heavy atom.